The molecule has 0 bridgehead atoms. The van der Waals surface area contributed by atoms with E-state index in [0.29, 0.717) is 0 Å². The number of benzene rings is 2. The topological polar surface area (TPSA) is 78.3 Å². The van der Waals surface area contributed by atoms with E-state index in [1.807, 2.05) is 36.4 Å². The van der Waals surface area contributed by atoms with Crippen molar-refractivity contribution in [1.82, 2.24) is 0 Å². The van der Waals surface area contributed by atoms with Crippen LogP contribution in [0, 0.1) is 0 Å². The molecule has 18 heavy (non-hydrogen) atoms. The smallest absolute Gasteiger partial charge is 0.219 e. The van der Waals surface area contributed by atoms with E-state index in [1.54, 1.807) is 7.11 Å². The molecule has 0 heterocycles. The lowest BCUT2D eigenvalue weighted by Gasteiger charge is -2.15. The van der Waals surface area contributed by atoms with Gasteiger partial charge in [-0.3, -0.25) is 4.79 Å². The molecule has 2 aromatic rings. The molecule has 2 aromatic carbocycles. The fraction of sp³-hybridized carbons (Fsp3) is 0.214. The van der Waals surface area contributed by atoms with Gasteiger partial charge in [-0.05, 0) is 17.0 Å². The van der Waals surface area contributed by atoms with E-state index < -0.39 is 11.9 Å². The molecule has 1 amide bonds. The van der Waals surface area contributed by atoms with E-state index in [-0.39, 0.29) is 6.42 Å². The summed E-state index contributed by atoms with van der Waals surface area (Å²) in [5.41, 5.74) is 12.1. The second kappa shape index (κ2) is 5.06. The van der Waals surface area contributed by atoms with Crippen LogP contribution in [0.3, 0.4) is 0 Å². The molecule has 1 atom stereocenters. The molecule has 0 aliphatic carbocycles. The van der Waals surface area contributed by atoms with Crippen LogP contribution in [-0.4, -0.2) is 13.0 Å². The number of nitrogens with two attached hydrogens (primary N) is 2. The number of carbonyl (C=O) groups excluding carboxylic acids is 1. The summed E-state index contributed by atoms with van der Waals surface area (Å²) in [6, 6.07) is 11.2. The Hall–Kier alpha value is -2.07. The van der Waals surface area contributed by atoms with Gasteiger partial charge in [0.2, 0.25) is 5.91 Å². The molecule has 1 unspecified atom stereocenters. The van der Waals surface area contributed by atoms with Gasteiger partial charge < -0.3 is 16.2 Å². The molecule has 0 fully saturated rings. The van der Waals surface area contributed by atoms with Crippen LogP contribution in [0.2, 0.25) is 0 Å². The Balaban J connectivity index is 2.55. The molecule has 4 nitrogen and oxygen atoms in total. The number of ether oxygens (including phenoxy) is 1. The minimum absolute atomic E-state index is 0.135. The molecule has 0 saturated carbocycles. The first-order valence-corrected chi connectivity index (χ1v) is 5.73. The minimum atomic E-state index is -0.401. The molecular formula is C14H16N2O2. The molecule has 0 aliphatic rings. The molecule has 0 saturated heterocycles. The van der Waals surface area contributed by atoms with Gasteiger partial charge >= 0.3 is 0 Å². The number of methoxy groups -OCH3 is 1. The summed E-state index contributed by atoms with van der Waals surface area (Å²) in [4.78, 5) is 11.0. The van der Waals surface area contributed by atoms with Gasteiger partial charge in [-0.25, -0.2) is 0 Å². The Bertz CT molecular complexity index is 581. The molecule has 0 aromatic heterocycles. The van der Waals surface area contributed by atoms with Crippen LogP contribution in [0.4, 0.5) is 0 Å². The largest absolute Gasteiger partial charge is 0.496 e. The lowest BCUT2D eigenvalue weighted by atomic mass is 9.96. The van der Waals surface area contributed by atoms with Crippen molar-refractivity contribution in [2.45, 2.75) is 12.5 Å². The highest BCUT2D eigenvalue weighted by molar-refractivity contribution is 5.91. The molecule has 0 radical (unpaired) electrons. The molecular weight excluding hydrogens is 228 g/mol. The van der Waals surface area contributed by atoms with Crippen molar-refractivity contribution in [2.24, 2.45) is 11.5 Å². The summed E-state index contributed by atoms with van der Waals surface area (Å²) in [5.74, 6) is 0.392. The van der Waals surface area contributed by atoms with Crippen LogP contribution in [0.25, 0.3) is 10.8 Å². The highest BCUT2D eigenvalue weighted by atomic mass is 16.5. The van der Waals surface area contributed by atoms with Crippen molar-refractivity contribution in [3.8, 4) is 5.75 Å². The highest BCUT2D eigenvalue weighted by Crippen LogP contribution is 2.31. The van der Waals surface area contributed by atoms with Crippen LogP contribution < -0.4 is 16.2 Å². The molecule has 94 valence electrons. The fourth-order valence-corrected chi connectivity index (χ4v) is 2.12. The number of rotatable bonds is 4. The van der Waals surface area contributed by atoms with Crippen LogP contribution in [0.5, 0.6) is 5.75 Å². The average molecular weight is 244 g/mol. The summed E-state index contributed by atoms with van der Waals surface area (Å²) >= 11 is 0. The summed E-state index contributed by atoms with van der Waals surface area (Å²) in [6.45, 7) is 0. The molecule has 0 aliphatic heterocycles. The van der Waals surface area contributed by atoms with Crippen molar-refractivity contribution in [2.75, 3.05) is 7.11 Å². The van der Waals surface area contributed by atoms with E-state index in [1.165, 1.54) is 0 Å². The molecule has 4 heteroatoms. The Labute approximate surface area is 106 Å². The van der Waals surface area contributed by atoms with Gasteiger partial charge in [0, 0.05) is 17.8 Å². The van der Waals surface area contributed by atoms with E-state index in [0.717, 1.165) is 22.1 Å². The van der Waals surface area contributed by atoms with Crippen LogP contribution in [-0.2, 0) is 4.79 Å². The molecule has 0 spiro atoms. The van der Waals surface area contributed by atoms with Crippen molar-refractivity contribution < 1.29 is 9.53 Å². The summed E-state index contributed by atoms with van der Waals surface area (Å²) < 4.78 is 5.31. The first-order chi connectivity index (χ1) is 8.63. The minimum Gasteiger partial charge on any atom is -0.496 e. The Morgan fingerprint density at radius 2 is 1.89 bits per heavy atom. The lowest BCUT2D eigenvalue weighted by molar-refractivity contribution is -0.118. The number of carbonyl (C=O) groups is 1. The molecule has 4 N–H and O–H groups in total. The Morgan fingerprint density at radius 1 is 1.22 bits per heavy atom. The van der Waals surface area contributed by atoms with Crippen molar-refractivity contribution >= 4 is 16.7 Å². The first-order valence-electron chi connectivity index (χ1n) is 5.73. The summed E-state index contributed by atoms with van der Waals surface area (Å²) in [6.07, 6.45) is 0.135. The summed E-state index contributed by atoms with van der Waals surface area (Å²) in [7, 11) is 1.63. The maximum atomic E-state index is 11.0. The monoisotopic (exact) mass is 244 g/mol. The number of amides is 1. The quantitative estimate of drug-likeness (QED) is 0.859. The maximum absolute atomic E-state index is 11.0. The van der Waals surface area contributed by atoms with Crippen molar-refractivity contribution in [3.63, 3.8) is 0 Å². The van der Waals surface area contributed by atoms with Crippen LogP contribution >= 0.6 is 0 Å². The third-order valence-corrected chi connectivity index (χ3v) is 2.96. The normalized spacial score (nSPS) is 12.3. The van der Waals surface area contributed by atoms with E-state index >= 15 is 0 Å². The SMILES string of the molecule is COc1ccc(C(N)CC(N)=O)c2ccccc12. The van der Waals surface area contributed by atoms with E-state index in [4.69, 9.17) is 16.2 Å². The van der Waals surface area contributed by atoms with Crippen LogP contribution in [0.1, 0.15) is 18.0 Å². The zero-order valence-corrected chi connectivity index (χ0v) is 10.2. The second-order valence-electron chi connectivity index (χ2n) is 4.18. The van der Waals surface area contributed by atoms with Gasteiger partial charge in [-0.2, -0.15) is 0 Å². The fourth-order valence-electron chi connectivity index (χ4n) is 2.12. The number of hydrogen-bond acceptors (Lipinski definition) is 3. The summed E-state index contributed by atoms with van der Waals surface area (Å²) in [5, 5.41) is 1.98. The van der Waals surface area contributed by atoms with Gasteiger partial charge in [-0.15, -0.1) is 0 Å². The zero-order valence-electron chi connectivity index (χ0n) is 10.2. The maximum Gasteiger partial charge on any atom is 0.219 e. The van der Waals surface area contributed by atoms with E-state index in [2.05, 4.69) is 0 Å². The zero-order chi connectivity index (χ0) is 13.1. The number of primary amides is 1. The van der Waals surface area contributed by atoms with Gasteiger partial charge in [0.05, 0.1) is 7.11 Å². The van der Waals surface area contributed by atoms with Gasteiger partial charge in [0.15, 0.2) is 0 Å². The Morgan fingerprint density at radius 3 is 2.50 bits per heavy atom. The van der Waals surface area contributed by atoms with Crippen molar-refractivity contribution in [1.29, 1.82) is 0 Å². The van der Waals surface area contributed by atoms with Crippen LogP contribution in [0.15, 0.2) is 36.4 Å². The van der Waals surface area contributed by atoms with Gasteiger partial charge in [-0.1, -0.05) is 30.3 Å². The predicted octanol–water partition coefficient (Wildman–Crippen LogP) is 1.72. The second-order valence-corrected chi connectivity index (χ2v) is 4.18. The third-order valence-electron chi connectivity index (χ3n) is 2.96. The predicted molar refractivity (Wildman–Crippen MR) is 71.2 cm³/mol. The lowest BCUT2D eigenvalue weighted by Crippen LogP contribution is -2.20. The average Bonchev–Trinajstić information content (AvgIpc) is 2.36. The third kappa shape index (κ3) is 2.28. The van der Waals surface area contributed by atoms with Gasteiger partial charge in [0.25, 0.3) is 0 Å². The van der Waals surface area contributed by atoms with Crippen molar-refractivity contribution in [3.05, 3.63) is 42.0 Å². The van der Waals surface area contributed by atoms with Gasteiger partial charge in [0.1, 0.15) is 5.75 Å². The highest BCUT2D eigenvalue weighted by Gasteiger charge is 2.14. The van der Waals surface area contributed by atoms with E-state index in [9.17, 15) is 4.79 Å². The first kappa shape index (κ1) is 12.4. The Kier molecular flexibility index (Phi) is 3.48. The number of fused-ring (bicyclic) bond motifs is 1. The standard InChI is InChI=1S/C14H16N2O2/c1-18-13-7-6-10(12(15)8-14(16)17)9-4-2-3-5-11(9)13/h2-7,12H,8,15H2,1H3,(H2,16,17). The molecule has 2 rings (SSSR count). The number of hydrogen-bond donors (Lipinski definition) is 2.